The van der Waals surface area contributed by atoms with Gasteiger partial charge in [-0.05, 0) is 81.2 Å². The van der Waals surface area contributed by atoms with Gasteiger partial charge >= 0.3 is 0 Å². The number of benzene rings is 1. The van der Waals surface area contributed by atoms with Gasteiger partial charge in [0.1, 0.15) is 23.2 Å². The second-order valence-electron chi connectivity index (χ2n) is 13.0. The second kappa shape index (κ2) is 12.0. The van der Waals surface area contributed by atoms with E-state index >= 15 is 0 Å². The Kier molecular flexibility index (Phi) is 9.14. The maximum atomic E-state index is 11.4. The van der Waals surface area contributed by atoms with Gasteiger partial charge in [0.25, 0.3) is 6.47 Å². The lowest BCUT2D eigenvalue weighted by Crippen LogP contribution is -2.47. The zero-order valence-corrected chi connectivity index (χ0v) is 24.2. The molecular weight excluding hydrogens is 478 g/mol. The number of phenols is 1. The number of aliphatic hydroxyl groups excluding tert-OH is 1. The first-order valence-corrected chi connectivity index (χ1v) is 14.8. The summed E-state index contributed by atoms with van der Waals surface area (Å²) >= 11 is 0. The van der Waals surface area contributed by atoms with Crippen molar-refractivity contribution in [1.82, 2.24) is 4.90 Å². The highest BCUT2D eigenvalue weighted by Gasteiger charge is 2.47. The lowest BCUT2D eigenvalue weighted by Gasteiger charge is -2.48. The summed E-state index contributed by atoms with van der Waals surface area (Å²) in [6, 6.07) is 4.13. The summed E-state index contributed by atoms with van der Waals surface area (Å²) in [4.78, 5) is 13.0. The van der Waals surface area contributed by atoms with Gasteiger partial charge in [-0.15, -0.1) is 0 Å². The molecule has 1 aromatic carbocycles. The topological polar surface area (TPSA) is 79.2 Å². The first-order chi connectivity index (χ1) is 18.1. The van der Waals surface area contributed by atoms with Crippen LogP contribution in [0.15, 0.2) is 23.8 Å². The molecule has 0 bridgehead atoms. The molecule has 38 heavy (non-hydrogen) atoms. The predicted octanol–water partition coefficient (Wildman–Crippen LogP) is 6.23. The van der Waals surface area contributed by atoms with E-state index in [1.807, 2.05) is 6.07 Å². The molecule has 212 valence electrons. The third-order valence-electron chi connectivity index (χ3n) is 9.34. The van der Waals surface area contributed by atoms with Crippen LogP contribution in [0.1, 0.15) is 109 Å². The Labute approximate surface area is 229 Å². The Hall–Kier alpha value is -2.05. The second-order valence-corrected chi connectivity index (χ2v) is 13.0. The summed E-state index contributed by atoms with van der Waals surface area (Å²) in [5.41, 5.74) is 2.65. The van der Waals surface area contributed by atoms with Gasteiger partial charge in [-0.2, -0.15) is 0 Å². The molecule has 0 aromatic heterocycles. The number of piperidine rings is 1. The number of fused-ring (bicyclic) bond motifs is 3. The Morgan fingerprint density at radius 1 is 1.26 bits per heavy atom. The summed E-state index contributed by atoms with van der Waals surface area (Å²) in [5.74, 6) is 1.45. The van der Waals surface area contributed by atoms with Crippen LogP contribution in [0, 0.1) is 5.92 Å². The van der Waals surface area contributed by atoms with Crippen LogP contribution in [-0.4, -0.2) is 59.0 Å². The highest BCUT2D eigenvalue weighted by molar-refractivity contribution is 5.54. The Morgan fingerprint density at radius 2 is 2.05 bits per heavy atom. The molecule has 6 heteroatoms. The number of aliphatic hydroxyl groups is 1. The molecule has 4 rings (SSSR count). The number of likely N-dealkylation sites (tertiary alicyclic amines) is 1. The van der Waals surface area contributed by atoms with E-state index in [9.17, 15) is 15.0 Å². The monoisotopic (exact) mass is 527 g/mol. The molecule has 1 saturated heterocycles. The highest BCUT2D eigenvalue weighted by Crippen LogP contribution is 2.55. The third kappa shape index (κ3) is 6.39. The largest absolute Gasteiger partial charge is 0.508 e. The number of hydrogen-bond donors (Lipinski definition) is 2. The number of aromatic hydroxyl groups is 1. The van der Waals surface area contributed by atoms with Crippen molar-refractivity contribution in [2.75, 3.05) is 19.6 Å². The van der Waals surface area contributed by atoms with E-state index in [4.69, 9.17) is 9.47 Å². The van der Waals surface area contributed by atoms with Gasteiger partial charge in [-0.1, -0.05) is 52.5 Å². The van der Waals surface area contributed by atoms with Gasteiger partial charge in [0.15, 0.2) is 0 Å². The van der Waals surface area contributed by atoms with Crippen LogP contribution in [0.2, 0.25) is 0 Å². The summed E-state index contributed by atoms with van der Waals surface area (Å²) in [6.45, 7) is 13.7. The van der Waals surface area contributed by atoms with E-state index in [1.54, 1.807) is 0 Å². The molecule has 0 radical (unpaired) electrons. The van der Waals surface area contributed by atoms with Crippen LogP contribution in [0.25, 0.3) is 0 Å². The minimum Gasteiger partial charge on any atom is -0.508 e. The normalized spacial score (nSPS) is 25.9. The van der Waals surface area contributed by atoms with E-state index in [-0.39, 0.29) is 29.0 Å². The van der Waals surface area contributed by atoms with Crippen molar-refractivity contribution in [2.24, 2.45) is 5.92 Å². The van der Waals surface area contributed by atoms with Crippen LogP contribution < -0.4 is 4.74 Å². The fourth-order valence-corrected chi connectivity index (χ4v) is 6.95. The summed E-state index contributed by atoms with van der Waals surface area (Å²) in [6.07, 6.45) is 10.9. The molecule has 2 aliphatic heterocycles. The van der Waals surface area contributed by atoms with Crippen molar-refractivity contribution < 1.29 is 24.5 Å². The van der Waals surface area contributed by atoms with Gasteiger partial charge in [-0.25, -0.2) is 0 Å². The van der Waals surface area contributed by atoms with Gasteiger partial charge in [0.05, 0.1) is 6.10 Å². The van der Waals surface area contributed by atoms with E-state index in [0.717, 1.165) is 54.7 Å². The van der Waals surface area contributed by atoms with Crippen LogP contribution in [0.5, 0.6) is 11.5 Å². The quantitative estimate of drug-likeness (QED) is 0.202. The summed E-state index contributed by atoms with van der Waals surface area (Å²) in [7, 11) is 0. The van der Waals surface area contributed by atoms with Gasteiger partial charge in [0.2, 0.25) is 0 Å². The van der Waals surface area contributed by atoms with Crippen LogP contribution in [0.3, 0.4) is 0 Å². The molecule has 1 unspecified atom stereocenters. The van der Waals surface area contributed by atoms with Gasteiger partial charge in [0, 0.05) is 30.5 Å². The third-order valence-corrected chi connectivity index (χ3v) is 9.34. The average Bonchev–Trinajstić information content (AvgIpc) is 2.86. The van der Waals surface area contributed by atoms with E-state index in [2.05, 4.69) is 51.7 Å². The number of carbonyl (C=O) groups excluding carboxylic acids is 1. The molecule has 0 saturated carbocycles. The Balaban J connectivity index is 1.52. The smallest absolute Gasteiger partial charge is 0.293 e. The van der Waals surface area contributed by atoms with E-state index in [0.29, 0.717) is 31.7 Å². The molecule has 2 N–H and O–H groups in total. The maximum Gasteiger partial charge on any atom is 0.293 e. The average molecular weight is 528 g/mol. The van der Waals surface area contributed by atoms with Gasteiger partial charge < -0.3 is 19.7 Å². The first-order valence-electron chi connectivity index (χ1n) is 14.8. The van der Waals surface area contributed by atoms with Crippen molar-refractivity contribution in [3.63, 3.8) is 0 Å². The highest BCUT2D eigenvalue weighted by atomic mass is 16.5. The fraction of sp³-hybridized carbons (Fsp3) is 0.719. The van der Waals surface area contributed by atoms with Crippen molar-refractivity contribution in [3.8, 4) is 11.5 Å². The Bertz CT molecular complexity index is 1000. The minimum atomic E-state index is -0.580. The number of rotatable bonds is 11. The van der Waals surface area contributed by atoms with Crippen molar-refractivity contribution in [3.05, 3.63) is 34.9 Å². The van der Waals surface area contributed by atoms with E-state index < -0.39 is 6.10 Å². The summed E-state index contributed by atoms with van der Waals surface area (Å²) < 4.78 is 11.8. The molecule has 1 fully saturated rings. The molecule has 6 nitrogen and oxygen atoms in total. The molecule has 0 spiro atoms. The standard InChI is InChI=1S/C32H49NO5/c1-6-7-8-9-14-31(2,3)23-17-27(35)30-25-16-22(12-13-26(25)32(4,5)38-29(30)18-23)28(36)20-33-15-10-11-24(19-33)37-21-34/h12,17-18,21,24-26,28,35-36H,6-11,13-16,19-20H2,1-5H3/t24-,25+,26+,28?/m0/s1. The zero-order chi connectivity index (χ0) is 27.5. The number of nitrogens with zero attached hydrogens (tertiary/aromatic N) is 1. The minimum absolute atomic E-state index is 0.0434. The molecule has 1 aliphatic carbocycles. The van der Waals surface area contributed by atoms with Crippen LogP contribution in [0.4, 0.5) is 0 Å². The van der Waals surface area contributed by atoms with Crippen molar-refractivity contribution in [2.45, 2.75) is 122 Å². The molecule has 0 amide bonds. The molecular formula is C32H49NO5. The number of allylic oxidation sites excluding steroid dienone is 1. The zero-order valence-electron chi connectivity index (χ0n) is 24.2. The number of hydrogen-bond acceptors (Lipinski definition) is 6. The van der Waals surface area contributed by atoms with E-state index in [1.165, 1.54) is 25.7 Å². The Morgan fingerprint density at radius 3 is 2.79 bits per heavy atom. The van der Waals surface area contributed by atoms with Crippen molar-refractivity contribution in [1.29, 1.82) is 0 Å². The number of ether oxygens (including phenoxy) is 2. The number of unbranched alkanes of at least 4 members (excludes halogenated alkanes) is 3. The predicted molar refractivity (Wildman–Crippen MR) is 151 cm³/mol. The number of β-amino-alcohol motifs (C(OH)–C–C–N with tert-alkyl or cyclic N) is 1. The number of phenolic OH excluding ortho intramolecular Hbond substituents is 1. The molecule has 1 aromatic rings. The van der Waals surface area contributed by atoms with Crippen molar-refractivity contribution >= 4 is 6.47 Å². The lowest BCUT2D eigenvalue weighted by atomic mass is 9.66. The lowest BCUT2D eigenvalue weighted by molar-refractivity contribution is -0.136. The molecule has 4 atom stereocenters. The maximum absolute atomic E-state index is 11.4. The molecule has 2 heterocycles. The SMILES string of the molecule is CCCCCCC(C)(C)c1cc(O)c2c(c1)OC(C)(C)[C@@H]1CC=C(C(O)CN3CCC[C@H](OC=O)C3)C[C@@H]21. The fourth-order valence-electron chi connectivity index (χ4n) is 6.95. The molecule has 3 aliphatic rings. The van der Waals surface area contributed by atoms with Gasteiger partial charge in [-0.3, -0.25) is 9.69 Å². The number of carbonyl (C=O) groups is 1. The van der Waals surface area contributed by atoms with Crippen LogP contribution in [-0.2, 0) is 14.9 Å². The summed E-state index contributed by atoms with van der Waals surface area (Å²) in [5, 5.41) is 22.6. The first kappa shape index (κ1) is 28.9. The van der Waals surface area contributed by atoms with Crippen LogP contribution >= 0.6 is 0 Å².